The number of hydrogen-bond acceptors (Lipinski definition) is 24. The molecule has 31 nitrogen and oxygen atoms in total. The third kappa shape index (κ3) is 40.6. The van der Waals surface area contributed by atoms with Gasteiger partial charge in [0.25, 0.3) is 60.7 Å². The number of rotatable bonds is 50. The van der Waals surface area contributed by atoms with Gasteiger partial charge in [0.2, 0.25) is 0 Å². The van der Waals surface area contributed by atoms with Crippen LogP contribution in [0.1, 0.15) is 110 Å². The van der Waals surface area contributed by atoms with Gasteiger partial charge in [-0.15, -0.1) is 0 Å². The molecule has 0 aromatic carbocycles. The highest BCUT2D eigenvalue weighted by molar-refractivity contribution is 7.87. The maximum absolute atomic E-state index is 13.2. The van der Waals surface area contributed by atoms with Crippen LogP contribution >= 0.6 is 0 Å². The van der Waals surface area contributed by atoms with Crippen LogP contribution in [0, 0.1) is 0 Å². The molecule has 0 saturated carbocycles. The first-order valence-corrected chi connectivity index (χ1v) is 43.3. The molecule has 6 unspecified atom stereocenters. The predicted molar refractivity (Wildman–Crippen MR) is 342 cm³/mol. The number of β-amino-alcohol motifs (C(OH)–C–C–N with tert-alkyl or cyclic N) is 3. The summed E-state index contributed by atoms with van der Waals surface area (Å²) in [6, 6.07) is -0.237. The molecule has 0 bridgehead atoms. The largest absolute Gasteiger partial charge is 0.502 e. The van der Waals surface area contributed by atoms with Gasteiger partial charge in [0.1, 0.15) is 34.5 Å². The maximum atomic E-state index is 13.2. The summed E-state index contributed by atoms with van der Waals surface area (Å²) in [6.45, 7) is 7.06. The Hall–Kier alpha value is -0.843. The lowest BCUT2D eigenvalue weighted by molar-refractivity contribution is -0.910. The Balaban J connectivity index is 2.23. The van der Waals surface area contributed by atoms with E-state index in [4.69, 9.17) is 13.3 Å². The Labute approximate surface area is 538 Å². The first-order chi connectivity index (χ1) is 41.7. The van der Waals surface area contributed by atoms with Crippen molar-refractivity contribution in [3.05, 3.63) is 0 Å². The fourth-order valence-electron chi connectivity index (χ4n) is 12.1. The third-order valence-corrected chi connectivity index (χ3v) is 24.2. The van der Waals surface area contributed by atoms with Gasteiger partial charge in [0, 0.05) is 130 Å². The zero-order valence-electron chi connectivity index (χ0n) is 53.1. The zero-order valence-corrected chi connectivity index (χ0v) is 59.0. The van der Waals surface area contributed by atoms with E-state index in [0.717, 1.165) is 103 Å². The van der Waals surface area contributed by atoms with Crippen LogP contribution in [0.2, 0.25) is 6.04 Å². The normalized spacial score (nSPS) is 20.4. The van der Waals surface area contributed by atoms with E-state index in [1.54, 1.807) is 29.4 Å². The van der Waals surface area contributed by atoms with Crippen LogP contribution in [-0.4, -0.2) is 351 Å². The molecule has 536 valence electrons. The molecule has 0 radical (unpaired) electrons. The minimum Gasteiger partial charge on any atom is -0.391 e. The monoisotopic (exact) mass is 1440 g/mol. The molecule has 0 aliphatic carbocycles. The van der Waals surface area contributed by atoms with Crippen LogP contribution in [0.3, 0.4) is 0 Å². The first kappa shape index (κ1) is 83.4. The molecular formula is C52H110N7O24S6Si+. The first-order valence-electron chi connectivity index (χ1n) is 31.7. The fraction of sp³-hybridized carbons (Fsp3) is 1.00. The lowest BCUT2D eigenvalue weighted by Gasteiger charge is -2.43. The summed E-state index contributed by atoms with van der Waals surface area (Å²) in [4.78, 5) is 10.4. The number of aliphatic hydroxyl groups excluding tert-OH is 3. The van der Waals surface area contributed by atoms with Gasteiger partial charge in [0.15, 0.2) is 0 Å². The molecule has 3 heterocycles. The molecule has 9 N–H and O–H groups in total. The standard InChI is InChI=1S/C52H109N7O24S6Si/c1-4-6-8-10-12-14-16-31-59(3,32-17-15-13-11-9-7-5-2)33-18-34-90(81-50(44-87(72,73)74)38-56-25-19-53(20-26-56)35-47(60)41-84(63,64)65,82-51(45-88(75,76)77)39-57-27-21-54(22-28-57)36-48(61)42-85(66,67)68)83-52(46-89(78,79)80)40-58-29-23-55(24-30-58)37-49(62)43-86(69,70)71/h47-52,60-62H,4-46H2,1-3H3,(H5-,63,64,65,66,67,68,69,70,71,72,73,74,75,76,77,78,79,80)/p+1. The quantitative estimate of drug-likeness (QED) is 0.0163. The van der Waals surface area contributed by atoms with Crippen molar-refractivity contribution in [3.8, 4) is 0 Å². The molecule has 0 aromatic rings. The second-order valence-electron chi connectivity index (χ2n) is 25.3. The number of unbranched alkanes of at least 4 members (excludes halogenated alkanes) is 12. The minimum atomic E-state index is -5.01. The molecule has 3 aliphatic heterocycles. The van der Waals surface area contributed by atoms with E-state index in [-0.39, 0.29) is 130 Å². The van der Waals surface area contributed by atoms with Crippen molar-refractivity contribution < 1.29 is 111 Å². The summed E-state index contributed by atoms with van der Waals surface area (Å²) in [5.74, 6) is -6.06. The van der Waals surface area contributed by atoms with Crippen LogP contribution < -0.4 is 0 Å². The van der Waals surface area contributed by atoms with Gasteiger partial charge in [-0.3, -0.25) is 56.7 Å². The molecule has 0 amide bonds. The maximum Gasteiger partial charge on any atom is 0.502 e. The van der Waals surface area contributed by atoms with Crippen molar-refractivity contribution >= 4 is 69.5 Å². The Bertz CT molecular complexity index is 2460. The van der Waals surface area contributed by atoms with Gasteiger partial charge in [-0.1, -0.05) is 78.1 Å². The van der Waals surface area contributed by atoms with Crippen LogP contribution in [0.15, 0.2) is 0 Å². The highest BCUT2D eigenvalue weighted by Crippen LogP contribution is 2.29. The summed E-state index contributed by atoms with van der Waals surface area (Å²) in [5, 5.41) is 31.3. The molecule has 90 heavy (non-hydrogen) atoms. The fourth-order valence-corrected chi connectivity index (χ4v) is 19.3. The Morgan fingerprint density at radius 3 is 0.778 bits per heavy atom. The van der Waals surface area contributed by atoms with Gasteiger partial charge in [-0.2, -0.15) is 50.5 Å². The lowest BCUT2D eigenvalue weighted by atomic mass is 10.1. The van der Waals surface area contributed by atoms with E-state index in [0.29, 0.717) is 11.0 Å². The smallest absolute Gasteiger partial charge is 0.391 e. The SMILES string of the molecule is CCCCCCCCC[N+](C)(CCCCCCCCC)CCC[Si](OC(CN1CCN(CC(O)CS(=O)(=O)O)CC1)CS(=O)(=O)O)(OC(CN1CCN(CC(O)CS(=O)(=O)O)CC1)CS(=O)(=O)O)OC(CN1CCN(CC(O)CS(=O)(=O)O)CC1)CS(=O)(=O)O. The molecule has 3 rings (SSSR count). The van der Waals surface area contributed by atoms with Crippen molar-refractivity contribution in [1.29, 1.82) is 0 Å². The second kappa shape index (κ2) is 40.1. The topological polar surface area (TPSA) is 434 Å². The summed E-state index contributed by atoms with van der Waals surface area (Å²) in [6.07, 6.45) is 5.83. The van der Waals surface area contributed by atoms with Gasteiger partial charge in [-0.25, -0.2) is 0 Å². The summed E-state index contributed by atoms with van der Waals surface area (Å²) in [5.41, 5.74) is 0. The highest BCUT2D eigenvalue weighted by Gasteiger charge is 2.50. The molecule has 0 spiro atoms. The number of hydrogen-bond donors (Lipinski definition) is 9. The van der Waals surface area contributed by atoms with E-state index in [2.05, 4.69) is 20.9 Å². The summed E-state index contributed by atoms with van der Waals surface area (Å²) < 4.78 is 230. The van der Waals surface area contributed by atoms with Crippen molar-refractivity contribution in [2.45, 2.75) is 153 Å². The molecule has 0 aromatic heterocycles. The van der Waals surface area contributed by atoms with Gasteiger partial charge in [0.05, 0.1) is 63.3 Å². The van der Waals surface area contributed by atoms with Crippen molar-refractivity contribution in [1.82, 2.24) is 29.4 Å². The van der Waals surface area contributed by atoms with Crippen molar-refractivity contribution in [2.75, 3.05) is 179 Å². The number of nitrogens with zero attached hydrogens (tertiary/aromatic N) is 7. The predicted octanol–water partition coefficient (Wildman–Crippen LogP) is -0.319. The van der Waals surface area contributed by atoms with E-state index in [1.807, 2.05) is 0 Å². The lowest BCUT2D eigenvalue weighted by Crippen LogP contribution is -2.61. The molecule has 3 saturated heterocycles. The number of piperazine rings is 3. The Morgan fingerprint density at radius 2 is 0.544 bits per heavy atom. The zero-order chi connectivity index (χ0) is 67.5. The van der Waals surface area contributed by atoms with Crippen molar-refractivity contribution in [2.24, 2.45) is 0 Å². The van der Waals surface area contributed by atoms with Crippen LogP contribution in [0.4, 0.5) is 0 Å². The average molecular weight is 1440 g/mol. The second-order valence-corrected chi connectivity index (χ2v) is 36.9. The molecule has 38 heteroatoms. The average Bonchev–Trinajstić information content (AvgIpc) is 1.03. The molecule has 3 fully saturated rings. The Kier molecular flexibility index (Phi) is 37.2. The molecule has 6 atom stereocenters. The van der Waals surface area contributed by atoms with Crippen LogP contribution in [0.5, 0.6) is 0 Å². The van der Waals surface area contributed by atoms with E-state index in [9.17, 15) is 93.1 Å². The minimum absolute atomic E-state index is 0.147. The molecule has 3 aliphatic rings. The van der Waals surface area contributed by atoms with E-state index < -0.39 is 141 Å². The Morgan fingerprint density at radius 1 is 0.333 bits per heavy atom. The summed E-state index contributed by atoms with van der Waals surface area (Å²) in [7, 11) is -31.4. The number of quaternary nitrogens is 1. The van der Waals surface area contributed by atoms with E-state index in [1.165, 1.54) is 0 Å². The third-order valence-electron chi connectivity index (χ3n) is 16.4. The summed E-state index contributed by atoms with van der Waals surface area (Å²) >= 11 is 0. The van der Waals surface area contributed by atoms with E-state index >= 15 is 0 Å². The number of aliphatic hydroxyl groups is 3. The van der Waals surface area contributed by atoms with Crippen LogP contribution in [-0.2, 0) is 74.0 Å². The highest BCUT2D eigenvalue weighted by atomic mass is 32.2. The van der Waals surface area contributed by atoms with Crippen molar-refractivity contribution in [3.63, 3.8) is 0 Å². The molecular weight excluding hydrogens is 1330 g/mol. The van der Waals surface area contributed by atoms with Crippen LogP contribution in [0.25, 0.3) is 0 Å². The van der Waals surface area contributed by atoms with Gasteiger partial charge >= 0.3 is 8.80 Å². The van der Waals surface area contributed by atoms with Gasteiger partial charge in [-0.05, 0) is 25.7 Å². The van der Waals surface area contributed by atoms with Gasteiger partial charge < -0.3 is 33.1 Å².